The number of H-pyrrole nitrogens is 1. The van der Waals surface area contributed by atoms with Gasteiger partial charge in [-0.3, -0.25) is 5.10 Å². The van der Waals surface area contributed by atoms with Gasteiger partial charge in [0.05, 0.1) is 12.7 Å². The predicted molar refractivity (Wildman–Crippen MR) is 73.1 cm³/mol. The molecule has 1 N–H and O–H groups in total. The summed E-state index contributed by atoms with van der Waals surface area (Å²) in [6.07, 6.45) is 6.92. The van der Waals surface area contributed by atoms with E-state index < -0.39 is 0 Å². The Labute approximate surface area is 117 Å². The van der Waals surface area contributed by atoms with Gasteiger partial charge in [-0.2, -0.15) is 0 Å². The quantitative estimate of drug-likeness (QED) is 0.860. The lowest BCUT2D eigenvalue weighted by Gasteiger charge is -2.31. The zero-order chi connectivity index (χ0) is 13.1. The maximum absolute atomic E-state index is 6.14. The molecule has 2 fully saturated rings. The van der Waals surface area contributed by atoms with Crippen LogP contribution in [-0.2, 0) is 15.9 Å². The van der Waals surface area contributed by atoms with Crippen molar-refractivity contribution >= 4 is 11.8 Å². The van der Waals surface area contributed by atoms with Crippen molar-refractivity contribution in [1.29, 1.82) is 0 Å². The van der Waals surface area contributed by atoms with Crippen LogP contribution < -0.4 is 0 Å². The molecular formula is C13H21N3O2S. The van der Waals surface area contributed by atoms with Crippen molar-refractivity contribution in [1.82, 2.24) is 15.2 Å². The minimum atomic E-state index is -0.267. The van der Waals surface area contributed by atoms with E-state index in [1.54, 1.807) is 11.8 Å². The van der Waals surface area contributed by atoms with Crippen LogP contribution in [0.25, 0.3) is 0 Å². The van der Waals surface area contributed by atoms with Gasteiger partial charge >= 0.3 is 0 Å². The molecule has 1 aromatic heterocycles. The number of hydrogen-bond acceptors (Lipinski definition) is 5. The van der Waals surface area contributed by atoms with Crippen LogP contribution in [0.3, 0.4) is 0 Å². The van der Waals surface area contributed by atoms with Crippen molar-refractivity contribution in [3.63, 3.8) is 0 Å². The van der Waals surface area contributed by atoms with E-state index in [0.717, 1.165) is 36.0 Å². The number of rotatable bonds is 4. The fraction of sp³-hybridized carbons (Fsp3) is 0.846. The lowest BCUT2D eigenvalue weighted by molar-refractivity contribution is -0.184. The fourth-order valence-corrected chi connectivity index (χ4v) is 3.50. The molecule has 1 unspecified atom stereocenters. The van der Waals surface area contributed by atoms with E-state index in [4.69, 9.17) is 9.47 Å². The molecule has 19 heavy (non-hydrogen) atoms. The summed E-state index contributed by atoms with van der Waals surface area (Å²) in [5, 5.41) is 7.93. The first kappa shape index (κ1) is 13.4. The van der Waals surface area contributed by atoms with Crippen molar-refractivity contribution in [2.45, 2.75) is 62.5 Å². The molecule has 106 valence electrons. The molecule has 3 rings (SSSR count). The standard InChI is InChI=1S/C13H21N3O2S/c1-2-11-14-12(16-15-11)19-9-10-8-17-13(18-10)6-4-3-5-7-13/h10H,2-9H2,1H3,(H,14,15,16). The second-order valence-electron chi connectivity index (χ2n) is 5.25. The Balaban J connectivity index is 1.49. The molecule has 5 nitrogen and oxygen atoms in total. The van der Waals surface area contributed by atoms with E-state index in [-0.39, 0.29) is 11.9 Å². The average Bonchev–Trinajstić information content (AvgIpc) is 3.05. The first-order valence-corrected chi connectivity index (χ1v) is 8.14. The van der Waals surface area contributed by atoms with Gasteiger partial charge in [-0.1, -0.05) is 25.1 Å². The number of ether oxygens (including phenoxy) is 2. The van der Waals surface area contributed by atoms with Crippen molar-refractivity contribution in [3.8, 4) is 0 Å². The SMILES string of the molecule is CCc1nc(SCC2COC3(CCCCC3)O2)n[nH]1. The lowest BCUT2D eigenvalue weighted by atomic mass is 9.94. The largest absolute Gasteiger partial charge is 0.347 e. The van der Waals surface area contributed by atoms with Crippen molar-refractivity contribution < 1.29 is 9.47 Å². The van der Waals surface area contributed by atoms with E-state index in [0.29, 0.717) is 6.61 Å². The van der Waals surface area contributed by atoms with E-state index >= 15 is 0 Å². The number of thioether (sulfide) groups is 1. The Morgan fingerprint density at radius 3 is 2.95 bits per heavy atom. The summed E-state index contributed by atoms with van der Waals surface area (Å²) in [4.78, 5) is 4.39. The topological polar surface area (TPSA) is 60.0 Å². The average molecular weight is 283 g/mol. The number of aromatic nitrogens is 3. The maximum Gasteiger partial charge on any atom is 0.208 e. The van der Waals surface area contributed by atoms with Crippen LogP contribution in [0.1, 0.15) is 44.9 Å². The van der Waals surface area contributed by atoms with Gasteiger partial charge in [0, 0.05) is 25.0 Å². The third kappa shape index (κ3) is 3.12. The zero-order valence-corrected chi connectivity index (χ0v) is 12.2. The van der Waals surface area contributed by atoms with E-state index in [1.807, 2.05) is 0 Å². The molecule has 1 saturated heterocycles. The first-order chi connectivity index (χ1) is 9.30. The Bertz CT molecular complexity index is 418. The molecule has 0 amide bonds. The monoisotopic (exact) mass is 283 g/mol. The summed E-state index contributed by atoms with van der Waals surface area (Å²) in [6, 6.07) is 0. The first-order valence-electron chi connectivity index (χ1n) is 7.15. The third-order valence-electron chi connectivity index (χ3n) is 3.77. The molecule has 0 radical (unpaired) electrons. The summed E-state index contributed by atoms with van der Waals surface area (Å²) in [7, 11) is 0. The highest BCUT2D eigenvalue weighted by atomic mass is 32.2. The van der Waals surface area contributed by atoms with Crippen molar-refractivity contribution in [2.75, 3.05) is 12.4 Å². The van der Waals surface area contributed by atoms with Crippen LogP contribution in [0.4, 0.5) is 0 Å². The molecule has 1 atom stereocenters. The Morgan fingerprint density at radius 2 is 2.21 bits per heavy atom. The van der Waals surface area contributed by atoms with Gasteiger partial charge in [0.15, 0.2) is 5.79 Å². The summed E-state index contributed by atoms with van der Waals surface area (Å²) in [5.41, 5.74) is 0. The maximum atomic E-state index is 6.14. The molecule has 1 aliphatic carbocycles. The van der Waals surface area contributed by atoms with Crippen LogP contribution in [0.2, 0.25) is 0 Å². The number of aryl methyl sites for hydroxylation is 1. The van der Waals surface area contributed by atoms with Gasteiger partial charge in [-0.25, -0.2) is 4.98 Å². The summed E-state index contributed by atoms with van der Waals surface area (Å²) >= 11 is 1.64. The van der Waals surface area contributed by atoms with Gasteiger partial charge in [0.25, 0.3) is 0 Å². The second kappa shape index (κ2) is 5.81. The molecule has 0 bridgehead atoms. The van der Waals surface area contributed by atoms with Crippen molar-refractivity contribution in [2.24, 2.45) is 0 Å². The lowest BCUT2D eigenvalue weighted by Crippen LogP contribution is -2.33. The van der Waals surface area contributed by atoms with E-state index in [2.05, 4.69) is 22.1 Å². The Hall–Kier alpha value is -0.590. The van der Waals surface area contributed by atoms with Gasteiger partial charge in [-0.15, -0.1) is 5.10 Å². The molecule has 1 saturated carbocycles. The second-order valence-corrected chi connectivity index (χ2v) is 6.24. The minimum Gasteiger partial charge on any atom is -0.347 e. The molecule has 2 heterocycles. The van der Waals surface area contributed by atoms with E-state index in [9.17, 15) is 0 Å². The number of aromatic amines is 1. The molecule has 1 aromatic rings. The number of hydrogen-bond donors (Lipinski definition) is 1. The summed E-state index contributed by atoms with van der Waals surface area (Å²) < 4.78 is 12.1. The molecule has 1 aliphatic heterocycles. The smallest absolute Gasteiger partial charge is 0.208 e. The van der Waals surface area contributed by atoms with Crippen LogP contribution >= 0.6 is 11.8 Å². The highest BCUT2D eigenvalue weighted by Crippen LogP contribution is 2.38. The van der Waals surface area contributed by atoms with Crippen LogP contribution in [0.15, 0.2) is 5.16 Å². The molecular weight excluding hydrogens is 262 g/mol. The molecule has 6 heteroatoms. The van der Waals surface area contributed by atoms with Gasteiger partial charge in [-0.05, 0) is 12.8 Å². The Morgan fingerprint density at radius 1 is 1.37 bits per heavy atom. The molecule has 1 spiro atoms. The highest BCUT2D eigenvalue weighted by Gasteiger charge is 2.42. The van der Waals surface area contributed by atoms with Gasteiger partial charge in [0.1, 0.15) is 5.82 Å². The van der Waals surface area contributed by atoms with Crippen LogP contribution in [0, 0.1) is 0 Å². The Kier molecular flexibility index (Phi) is 4.10. The summed E-state index contributed by atoms with van der Waals surface area (Å²) in [5.74, 6) is 1.54. The zero-order valence-electron chi connectivity index (χ0n) is 11.4. The fourth-order valence-electron chi connectivity index (χ4n) is 2.72. The predicted octanol–water partition coefficient (Wildman–Crippen LogP) is 2.54. The van der Waals surface area contributed by atoms with Crippen LogP contribution in [-0.4, -0.2) is 39.4 Å². The van der Waals surface area contributed by atoms with Gasteiger partial charge in [0.2, 0.25) is 5.16 Å². The number of nitrogens with one attached hydrogen (secondary N) is 1. The normalized spacial score (nSPS) is 26.1. The van der Waals surface area contributed by atoms with Crippen molar-refractivity contribution in [3.05, 3.63) is 5.82 Å². The summed E-state index contributed by atoms with van der Waals surface area (Å²) in [6.45, 7) is 2.77. The number of nitrogens with zero attached hydrogens (tertiary/aromatic N) is 2. The van der Waals surface area contributed by atoms with Gasteiger partial charge < -0.3 is 9.47 Å². The molecule has 0 aromatic carbocycles. The van der Waals surface area contributed by atoms with E-state index in [1.165, 1.54) is 19.3 Å². The molecule has 2 aliphatic rings. The highest BCUT2D eigenvalue weighted by molar-refractivity contribution is 7.99. The third-order valence-corrected chi connectivity index (χ3v) is 4.75. The van der Waals surface area contributed by atoms with Crippen LogP contribution in [0.5, 0.6) is 0 Å². The minimum absolute atomic E-state index is 0.173.